The molecule has 5 nitrogen and oxygen atoms in total. The van der Waals surface area contributed by atoms with Crippen LogP contribution in [0.15, 0.2) is 17.0 Å². The van der Waals surface area contributed by atoms with E-state index in [1.165, 1.54) is 6.07 Å². The van der Waals surface area contributed by atoms with Crippen molar-refractivity contribution in [2.45, 2.75) is 36.3 Å². The van der Waals surface area contributed by atoms with Gasteiger partial charge in [0.15, 0.2) is 0 Å². The molecule has 3 N–H and O–H groups in total. The number of aryl methyl sites for hydroxylation is 1. The van der Waals surface area contributed by atoms with E-state index in [0.717, 1.165) is 18.4 Å². The minimum Gasteiger partial charge on any atom is -0.492 e. The van der Waals surface area contributed by atoms with E-state index >= 15 is 0 Å². The highest BCUT2D eigenvalue weighted by Gasteiger charge is 2.27. The second-order valence-corrected chi connectivity index (χ2v) is 9.00. The molecule has 7 heteroatoms. The van der Waals surface area contributed by atoms with Gasteiger partial charge in [-0.25, -0.2) is 13.1 Å². The second kappa shape index (κ2) is 6.06. The molecule has 1 aromatic rings. The molecular formula is C14H22N2O3S2. The number of sulfonamides is 1. The Hall–Kier alpha value is -0.920. The number of ether oxygens (including phenoxy) is 1. The first-order valence-corrected chi connectivity index (χ1v) is 9.56. The van der Waals surface area contributed by atoms with E-state index in [4.69, 9.17) is 10.5 Å². The van der Waals surface area contributed by atoms with E-state index in [9.17, 15) is 8.42 Å². The number of fused-ring (bicyclic) bond motifs is 1. The third-order valence-corrected chi connectivity index (χ3v) is 6.18. The lowest BCUT2D eigenvalue weighted by Gasteiger charge is -2.24. The molecule has 1 aliphatic rings. The van der Waals surface area contributed by atoms with Gasteiger partial charge in [-0.15, -0.1) is 0 Å². The zero-order chi connectivity index (χ0) is 15.7. The van der Waals surface area contributed by atoms with Gasteiger partial charge in [0, 0.05) is 17.0 Å². The lowest BCUT2D eigenvalue weighted by molar-refractivity contribution is 0.280. The van der Waals surface area contributed by atoms with E-state index in [-0.39, 0.29) is 9.64 Å². The third-order valence-electron chi connectivity index (χ3n) is 3.52. The molecule has 2 rings (SSSR count). The van der Waals surface area contributed by atoms with Crippen molar-refractivity contribution in [2.75, 3.05) is 25.1 Å². The molecule has 0 amide bonds. The quantitative estimate of drug-likeness (QED) is 0.807. The Balaban J connectivity index is 2.34. The number of nitrogens with two attached hydrogens (primary N) is 1. The maximum atomic E-state index is 12.6. The number of nitrogen functional groups attached to an aromatic ring is 1. The van der Waals surface area contributed by atoms with Crippen LogP contribution in [-0.4, -0.2) is 32.6 Å². The summed E-state index contributed by atoms with van der Waals surface area (Å²) < 4.78 is 33.2. The molecule has 1 aliphatic heterocycles. The summed E-state index contributed by atoms with van der Waals surface area (Å²) in [5.41, 5.74) is 7.15. The molecule has 0 atom stereocenters. The van der Waals surface area contributed by atoms with E-state index in [2.05, 4.69) is 4.72 Å². The van der Waals surface area contributed by atoms with Gasteiger partial charge in [0.2, 0.25) is 10.0 Å². The maximum absolute atomic E-state index is 12.6. The zero-order valence-electron chi connectivity index (χ0n) is 12.6. The molecule has 0 spiro atoms. The SMILES string of the molecule is CSC(C)(C)CNS(=O)(=O)c1cc(N)cc2c1OCCC2. The third kappa shape index (κ3) is 3.84. The summed E-state index contributed by atoms with van der Waals surface area (Å²) in [6, 6.07) is 3.26. The van der Waals surface area contributed by atoms with Gasteiger partial charge in [-0.05, 0) is 50.6 Å². The van der Waals surface area contributed by atoms with Gasteiger partial charge in [0.05, 0.1) is 6.61 Å². The van der Waals surface area contributed by atoms with Crippen LogP contribution in [0.5, 0.6) is 5.75 Å². The van der Waals surface area contributed by atoms with Crippen molar-refractivity contribution in [1.29, 1.82) is 0 Å². The topological polar surface area (TPSA) is 81.4 Å². The minimum absolute atomic E-state index is 0.147. The Morgan fingerprint density at radius 2 is 2.14 bits per heavy atom. The number of benzene rings is 1. The highest BCUT2D eigenvalue weighted by atomic mass is 32.2. The van der Waals surface area contributed by atoms with Crippen molar-refractivity contribution in [3.63, 3.8) is 0 Å². The van der Waals surface area contributed by atoms with Crippen molar-refractivity contribution >= 4 is 27.5 Å². The minimum atomic E-state index is -3.64. The van der Waals surface area contributed by atoms with Gasteiger partial charge in [0.25, 0.3) is 0 Å². The maximum Gasteiger partial charge on any atom is 0.244 e. The van der Waals surface area contributed by atoms with Gasteiger partial charge >= 0.3 is 0 Å². The molecule has 0 saturated heterocycles. The highest BCUT2D eigenvalue weighted by Crippen LogP contribution is 2.34. The smallest absolute Gasteiger partial charge is 0.244 e. The number of anilines is 1. The van der Waals surface area contributed by atoms with Crippen molar-refractivity contribution in [1.82, 2.24) is 4.72 Å². The lowest BCUT2D eigenvalue weighted by atomic mass is 10.1. The largest absolute Gasteiger partial charge is 0.492 e. The summed E-state index contributed by atoms with van der Waals surface area (Å²) in [6.07, 6.45) is 3.63. The van der Waals surface area contributed by atoms with Gasteiger partial charge in [0.1, 0.15) is 10.6 Å². The summed E-state index contributed by atoms with van der Waals surface area (Å²) in [6.45, 7) is 4.87. The lowest BCUT2D eigenvalue weighted by Crippen LogP contribution is -2.36. The van der Waals surface area contributed by atoms with Crippen LogP contribution in [0.1, 0.15) is 25.8 Å². The Bertz CT molecular complexity index is 627. The Morgan fingerprint density at radius 1 is 1.43 bits per heavy atom. The summed E-state index contributed by atoms with van der Waals surface area (Å²) >= 11 is 1.61. The molecule has 21 heavy (non-hydrogen) atoms. The van der Waals surface area contributed by atoms with Crippen molar-refractivity contribution in [3.8, 4) is 5.75 Å². The van der Waals surface area contributed by atoms with E-state index < -0.39 is 10.0 Å². The first-order valence-electron chi connectivity index (χ1n) is 6.85. The van der Waals surface area contributed by atoms with Crippen LogP contribution in [0.3, 0.4) is 0 Å². The fourth-order valence-electron chi connectivity index (χ4n) is 2.09. The average molecular weight is 330 g/mol. The van der Waals surface area contributed by atoms with Crippen LogP contribution < -0.4 is 15.2 Å². The number of thioether (sulfide) groups is 1. The number of hydrogen-bond donors (Lipinski definition) is 2. The Morgan fingerprint density at radius 3 is 2.81 bits per heavy atom. The molecule has 0 radical (unpaired) electrons. The summed E-state index contributed by atoms with van der Waals surface area (Å²) in [5, 5.41) is 0. The molecule has 0 fully saturated rings. The second-order valence-electron chi connectivity index (χ2n) is 5.75. The van der Waals surface area contributed by atoms with Gasteiger partial charge in [-0.3, -0.25) is 0 Å². The predicted octanol–water partition coefficient (Wildman–Crippen LogP) is 2.01. The van der Waals surface area contributed by atoms with Crippen LogP contribution >= 0.6 is 11.8 Å². The fourth-order valence-corrected chi connectivity index (χ4v) is 3.83. The average Bonchev–Trinajstić information content (AvgIpc) is 2.44. The standard InChI is InChI=1S/C14H22N2O3S2/c1-14(2,20-3)9-16-21(17,18)12-8-11(15)7-10-5-4-6-19-13(10)12/h7-8,16H,4-6,9,15H2,1-3H3. The van der Waals surface area contributed by atoms with E-state index in [1.54, 1.807) is 17.8 Å². The summed E-state index contributed by atoms with van der Waals surface area (Å²) in [7, 11) is -3.64. The first kappa shape index (κ1) is 16.5. The normalized spacial score (nSPS) is 15.4. The van der Waals surface area contributed by atoms with Gasteiger partial charge in [-0.1, -0.05) is 0 Å². The fraction of sp³-hybridized carbons (Fsp3) is 0.571. The van der Waals surface area contributed by atoms with Crippen molar-refractivity contribution in [2.24, 2.45) is 0 Å². The van der Waals surface area contributed by atoms with E-state index in [1.807, 2.05) is 20.1 Å². The van der Waals surface area contributed by atoms with Crippen LogP contribution in [0.25, 0.3) is 0 Å². The van der Waals surface area contributed by atoms with Crippen LogP contribution in [0.2, 0.25) is 0 Å². The molecule has 118 valence electrons. The number of rotatable bonds is 5. The number of hydrogen-bond acceptors (Lipinski definition) is 5. The molecule has 1 heterocycles. The Labute approximate surface area is 130 Å². The molecule has 0 unspecified atom stereocenters. The molecule has 0 saturated carbocycles. The highest BCUT2D eigenvalue weighted by molar-refractivity contribution is 8.00. The van der Waals surface area contributed by atoms with Crippen LogP contribution in [-0.2, 0) is 16.4 Å². The Kier molecular flexibility index (Phi) is 4.75. The van der Waals surface area contributed by atoms with Crippen molar-refractivity contribution in [3.05, 3.63) is 17.7 Å². The van der Waals surface area contributed by atoms with Crippen molar-refractivity contribution < 1.29 is 13.2 Å². The van der Waals surface area contributed by atoms with Crippen LogP contribution in [0, 0.1) is 0 Å². The summed E-state index contributed by atoms with van der Waals surface area (Å²) in [5.74, 6) is 0.449. The predicted molar refractivity (Wildman–Crippen MR) is 87.5 cm³/mol. The van der Waals surface area contributed by atoms with Crippen LogP contribution in [0.4, 0.5) is 5.69 Å². The zero-order valence-corrected chi connectivity index (χ0v) is 14.2. The number of nitrogens with one attached hydrogen (secondary N) is 1. The molecule has 0 bridgehead atoms. The monoisotopic (exact) mass is 330 g/mol. The summed E-state index contributed by atoms with van der Waals surface area (Å²) in [4.78, 5) is 0.147. The first-order chi connectivity index (χ1) is 9.75. The van der Waals surface area contributed by atoms with Gasteiger partial charge in [-0.2, -0.15) is 11.8 Å². The molecule has 0 aromatic heterocycles. The van der Waals surface area contributed by atoms with E-state index in [0.29, 0.717) is 24.6 Å². The molecular weight excluding hydrogens is 308 g/mol. The molecule has 1 aromatic carbocycles. The van der Waals surface area contributed by atoms with Gasteiger partial charge < -0.3 is 10.5 Å². The molecule has 0 aliphatic carbocycles.